The normalized spacial score (nSPS) is 20.0. The molecule has 0 bridgehead atoms. The summed E-state index contributed by atoms with van der Waals surface area (Å²) in [5.41, 5.74) is 2.23. The smallest absolute Gasteiger partial charge is 0.191 e. The van der Waals surface area contributed by atoms with Crippen LogP contribution < -0.4 is 10.6 Å². The van der Waals surface area contributed by atoms with Crippen LogP contribution in [0.5, 0.6) is 0 Å². The number of aliphatic hydroxyl groups excluding tert-OH is 1. The number of hydrogen-bond donors (Lipinski definition) is 3. The third-order valence-electron chi connectivity index (χ3n) is 6.09. The van der Waals surface area contributed by atoms with E-state index in [9.17, 15) is 5.11 Å². The third kappa shape index (κ3) is 6.80. The molecule has 3 N–H and O–H groups in total. The van der Waals surface area contributed by atoms with Gasteiger partial charge in [0.25, 0.3) is 0 Å². The van der Waals surface area contributed by atoms with Crippen LogP contribution in [0.2, 0.25) is 0 Å². The van der Waals surface area contributed by atoms with Crippen LogP contribution in [0, 0.1) is 0 Å². The van der Waals surface area contributed by atoms with Gasteiger partial charge >= 0.3 is 0 Å². The van der Waals surface area contributed by atoms with Gasteiger partial charge < -0.3 is 20.5 Å². The van der Waals surface area contributed by atoms with Crippen molar-refractivity contribution in [1.29, 1.82) is 0 Å². The second kappa shape index (κ2) is 12.7. The summed E-state index contributed by atoms with van der Waals surface area (Å²) in [6, 6.07) is 7.95. The van der Waals surface area contributed by atoms with Gasteiger partial charge in [0.1, 0.15) is 0 Å². The predicted molar refractivity (Wildman–Crippen MR) is 129 cm³/mol. The van der Waals surface area contributed by atoms with Gasteiger partial charge in [0.05, 0.1) is 26.4 Å². The summed E-state index contributed by atoms with van der Waals surface area (Å²) in [7, 11) is 0. The van der Waals surface area contributed by atoms with Gasteiger partial charge in [-0.25, -0.2) is 4.99 Å². The molecule has 0 radical (unpaired) electrons. The van der Waals surface area contributed by atoms with E-state index < -0.39 is 0 Å². The van der Waals surface area contributed by atoms with E-state index in [4.69, 9.17) is 9.73 Å². The van der Waals surface area contributed by atoms with Crippen LogP contribution in [0.4, 0.5) is 0 Å². The van der Waals surface area contributed by atoms with Crippen LogP contribution in [0.25, 0.3) is 0 Å². The van der Waals surface area contributed by atoms with E-state index in [1.807, 2.05) is 24.3 Å². The minimum absolute atomic E-state index is 0. The van der Waals surface area contributed by atoms with E-state index in [0.717, 1.165) is 56.5 Å². The molecular weight excluding hydrogens is 479 g/mol. The number of morpholine rings is 1. The molecule has 2 fully saturated rings. The first kappa shape index (κ1) is 24.4. The molecule has 1 aromatic rings. The second-order valence-electron chi connectivity index (χ2n) is 7.86. The van der Waals surface area contributed by atoms with Crippen molar-refractivity contribution in [2.45, 2.75) is 57.7 Å². The van der Waals surface area contributed by atoms with Gasteiger partial charge in [0.15, 0.2) is 5.96 Å². The average Bonchev–Trinajstić information content (AvgIpc) is 2.77. The number of benzene rings is 1. The van der Waals surface area contributed by atoms with Crippen molar-refractivity contribution in [3.63, 3.8) is 0 Å². The van der Waals surface area contributed by atoms with Crippen molar-refractivity contribution in [1.82, 2.24) is 15.5 Å². The van der Waals surface area contributed by atoms with Gasteiger partial charge in [-0.1, -0.05) is 43.5 Å². The number of nitrogens with one attached hydrogen (secondary N) is 2. The molecule has 3 rings (SSSR count). The van der Waals surface area contributed by atoms with E-state index in [1.54, 1.807) is 0 Å². The summed E-state index contributed by atoms with van der Waals surface area (Å²) in [5, 5.41) is 16.6. The van der Waals surface area contributed by atoms with Crippen LogP contribution in [0.15, 0.2) is 29.3 Å². The Bertz CT molecular complexity index is 629. The van der Waals surface area contributed by atoms with Gasteiger partial charge in [0, 0.05) is 31.7 Å². The number of ether oxygens (including phenoxy) is 1. The standard InChI is InChI=1S/C22H36N4O2.HI/c1-2-23-21(24-16-19-8-4-5-9-20(19)17-27)25-18-22(10-6-3-7-11-22)26-12-14-28-15-13-26;/h4-5,8-9,27H,2-3,6-7,10-18H2,1H3,(H2,23,24,25);1H. The van der Waals surface area contributed by atoms with Gasteiger partial charge in [-0.05, 0) is 30.9 Å². The summed E-state index contributed by atoms with van der Waals surface area (Å²) < 4.78 is 5.59. The number of rotatable bonds is 7. The van der Waals surface area contributed by atoms with Crippen molar-refractivity contribution in [2.24, 2.45) is 4.99 Å². The first-order valence-electron chi connectivity index (χ1n) is 10.8. The largest absolute Gasteiger partial charge is 0.392 e. The van der Waals surface area contributed by atoms with Crippen LogP contribution in [-0.2, 0) is 17.9 Å². The Kier molecular flexibility index (Phi) is 10.7. The molecule has 1 aromatic carbocycles. The molecule has 1 heterocycles. The molecule has 0 atom stereocenters. The minimum atomic E-state index is 0. The lowest BCUT2D eigenvalue weighted by Crippen LogP contribution is -2.60. The van der Waals surface area contributed by atoms with Crippen molar-refractivity contribution >= 4 is 29.9 Å². The Balaban J connectivity index is 0.00000300. The molecule has 0 amide bonds. The molecule has 6 nitrogen and oxygen atoms in total. The predicted octanol–water partition coefficient (Wildman–Crippen LogP) is 2.89. The highest BCUT2D eigenvalue weighted by Crippen LogP contribution is 2.33. The maximum absolute atomic E-state index is 9.54. The quantitative estimate of drug-likeness (QED) is 0.296. The van der Waals surface area contributed by atoms with E-state index >= 15 is 0 Å². The molecule has 164 valence electrons. The molecule has 0 aromatic heterocycles. The summed E-state index contributed by atoms with van der Waals surface area (Å²) in [5.74, 6) is 0.855. The number of guanidine groups is 1. The molecule has 29 heavy (non-hydrogen) atoms. The minimum Gasteiger partial charge on any atom is -0.392 e. The fourth-order valence-electron chi connectivity index (χ4n) is 4.47. The molecule has 0 spiro atoms. The van der Waals surface area contributed by atoms with Crippen LogP contribution in [0.1, 0.15) is 50.2 Å². The van der Waals surface area contributed by atoms with E-state index in [-0.39, 0.29) is 36.1 Å². The Morgan fingerprint density at radius 3 is 2.45 bits per heavy atom. The maximum Gasteiger partial charge on any atom is 0.191 e. The maximum atomic E-state index is 9.54. The molecule has 7 heteroatoms. The molecule has 1 saturated heterocycles. The zero-order chi connectivity index (χ0) is 19.7. The molecular formula is C22H37IN4O2. The SMILES string of the molecule is CCNC(=NCc1ccccc1CO)NCC1(N2CCOCC2)CCCCC1.I. The highest BCUT2D eigenvalue weighted by molar-refractivity contribution is 14.0. The molecule has 1 aliphatic carbocycles. The Morgan fingerprint density at radius 2 is 1.79 bits per heavy atom. The number of nitrogens with zero attached hydrogens (tertiary/aromatic N) is 2. The highest BCUT2D eigenvalue weighted by Gasteiger charge is 2.38. The van der Waals surface area contributed by atoms with E-state index in [2.05, 4.69) is 22.5 Å². The average molecular weight is 516 g/mol. The molecule has 0 unspecified atom stereocenters. The van der Waals surface area contributed by atoms with Gasteiger partial charge in [0.2, 0.25) is 0 Å². The fraction of sp³-hybridized carbons (Fsp3) is 0.682. The molecule has 1 aliphatic heterocycles. The van der Waals surface area contributed by atoms with Crippen LogP contribution in [-0.4, -0.2) is 60.9 Å². The number of halogens is 1. The lowest BCUT2D eigenvalue weighted by molar-refractivity contribution is -0.0352. The number of aliphatic imine (C=N–C) groups is 1. The third-order valence-corrected chi connectivity index (χ3v) is 6.09. The lowest BCUT2D eigenvalue weighted by atomic mass is 9.80. The van der Waals surface area contributed by atoms with Gasteiger partial charge in [-0.15, -0.1) is 24.0 Å². The lowest BCUT2D eigenvalue weighted by Gasteiger charge is -2.48. The summed E-state index contributed by atoms with van der Waals surface area (Å²) in [6.07, 6.45) is 6.44. The van der Waals surface area contributed by atoms with Crippen molar-refractivity contribution in [3.8, 4) is 0 Å². The first-order valence-corrected chi connectivity index (χ1v) is 10.8. The van der Waals surface area contributed by atoms with E-state index in [0.29, 0.717) is 6.54 Å². The molecule has 1 saturated carbocycles. The highest BCUT2D eigenvalue weighted by atomic mass is 127. The second-order valence-corrected chi connectivity index (χ2v) is 7.86. The first-order chi connectivity index (χ1) is 13.8. The Hall–Kier alpha value is -0.900. The number of aliphatic hydroxyl groups is 1. The summed E-state index contributed by atoms with van der Waals surface area (Å²) in [4.78, 5) is 7.44. The Labute approximate surface area is 192 Å². The van der Waals surface area contributed by atoms with E-state index in [1.165, 1.54) is 32.1 Å². The summed E-state index contributed by atoms with van der Waals surface area (Å²) >= 11 is 0. The number of hydrogen-bond acceptors (Lipinski definition) is 4. The van der Waals surface area contributed by atoms with Crippen molar-refractivity contribution < 1.29 is 9.84 Å². The van der Waals surface area contributed by atoms with Crippen molar-refractivity contribution in [3.05, 3.63) is 35.4 Å². The molecule has 2 aliphatic rings. The van der Waals surface area contributed by atoms with Crippen molar-refractivity contribution in [2.75, 3.05) is 39.4 Å². The van der Waals surface area contributed by atoms with Gasteiger partial charge in [-0.2, -0.15) is 0 Å². The zero-order valence-corrected chi connectivity index (χ0v) is 20.0. The Morgan fingerprint density at radius 1 is 1.10 bits per heavy atom. The van der Waals surface area contributed by atoms with Gasteiger partial charge in [-0.3, -0.25) is 4.90 Å². The zero-order valence-electron chi connectivity index (χ0n) is 17.7. The summed E-state index contributed by atoms with van der Waals surface area (Å²) in [6.45, 7) is 8.20. The van der Waals surface area contributed by atoms with Crippen LogP contribution in [0.3, 0.4) is 0 Å². The monoisotopic (exact) mass is 516 g/mol. The fourth-order valence-corrected chi connectivity index (χ4v) is 4.47. The van der Waals surface area contributed by atoms with Crippen LogP contribution >= 0.6 is 24.0 Å². The topological polar surface area (TPSA) is 69.1 Å².